The van der Waals surface area contributed by atoms with Crippen molar-refractivity contribution in [2.75, 3.05) is 12.0 Å². The summed E-state index contributed by atoms with van der Waals surface area (Å²) in [7, 11) is 1.29. The van der Waals surface area contributed by atoms with E-state index in [1.165, 1.54) is 18.1 Å². The van der Waals surface area contributed by atoms with Crippen LogP contribution in [0.15, 0.2) is 72.3 Å². The monoisotopic (exact) mass is 348 g/mol. The van der Waals surface area contributed by atoms with Crippen molar-refractivity contribution >= 4 is 23.6 Å². The average molecular weight is 348 g/mol. The minimum atomic E-state index is -0.818. The summed E-state index contributed by atoms with van der Waals surface area (Å²) in [6.07, 6.45) is 1.53. The minimum absolute atomic E-state index is 0.304. The molecule has 0 bridgehead atoms. The SMILES string of the molecule is COC(=O)C1=C[C@H]2C(=O)N(c3ccccc3)C(=O)N2[C@@H]1c1ccccc1. The molecule has 2 aromatic carbocycles. The summed E-state index contributed by atoms with van der Waals surface area (Å²) in [6.45, 7) is 0. The molecule has 3 amide bonds. The van der Waals surface area contributed by atoms with Crippen molar-refractivity contribution in [3.63, 3.8) is 0 Å². The highest BCUT2D eigenvalue weighted by Crippen LogP contribution is 2.42. The number of para-hydroxylation sites is 1. The third-order valence-electron chi connectivity index (χ3n) is 4.65. The van der Waals surface area contributed by atoms with Gasteiger partial charge in [-0.25, -0.2) is 14.5 Å². The molecule has 0 unspecified atom stereocenters. The van der Waals surface area contributed by atoms with E-state index in [1.54, 1.807) is 24.3 Å². The molecule has 6 heteroatoms. The first-order chi connectivity index (χ1) is 12.6. The van der Waals surface area contributed by atoms with Crippen molar-refractivity contribution in [3.05, 3.63) is 77.9 Å². The molecule has 26 heavy (non-hydrogen) atoms. The Morgan fingerprint density at radius 1 is 0.962 bits per heavy atom. The minimum Gasteiger partial charge on any atom is -0.466 e. The highest BCUT2D eigenvalue weighted by atomic mass is 16.5. The van der Waals surface area contributed by atoms with Crippen molar-refractivity contribution in [3.8, 4) is 0 Å². The standard InChI is InChI=1S/C20H16N2O4/c1-26-19(24)15-12-16-18(23)21(14-10-6-3-7-11-14)20(25)22(16)17(15)13-8-4-2-5-9-13/h2-12,16-17H,1H3/t16-,17+/m0/s1. The largest absolute Gasteiger partial charge is 0.466 e. The number of hydrogen-bond donors (Lipinski definition) is 0. The van der Waals surface area contributed by atoms with Crippen molar-refractivity contribution in [1.82, 2.24) is 4.90 Å². The number of carbonyl (C=O) groups is 3. The van der Waals surface area contributed by atoms with Gasteiger partial charge in [-0.2, -0.15) is 0 Å². The molecular weight excluding hydrogens is 332 g/mol. The van der Waals surface area contributed by atoms with Crippen LogP contribution >= 0.6 is 0 Å². The molecule has 1 fully saturated rings. The maximum Gasteiger partial charge on any atom is 0.335 e. The Labute approximate surface area is 150 Å². The quantitative estimate of drug-likeness (QED) is 0.632. The highest BCUT2D eigenvalue weighted by molar-refractivity contribution is 6.23. The predicted octanol–water partition coefficient (Wildman–Crippen LogP) is 2.68. The van der Waals surface area contributed by atoms with Gasteiger partial charge in [-0.1, -0.05) is 48.5 Å². The van der Waals surface area contributed by atoms with Crippen LogP contribution in [0.2, 0.25) is 0 Å². The lowest BCUT2D eigenvalue weighted by Gasteiger charge is -2.25. The second-order valence-corrected chi connectivity index (χ2v) is 6.07. The first-order valence-corrected chi connectivity index (χ1v) is 8.19. The summed E-state index contributed by atoms with van der Waals surface area (Å²) in [5.74, 6) is -0.916. The van der Waals surface area contributed by atoms with Crippen LogP contribution in [0.5, 0.6) is 0 Å². The van der Waals surface area contributed by atoms with E-state index in [0.29, 0.717) is 11.3 Å². The highest BCUT2D eigenvalue weighted by Gasteiger charge is 2.54. The average Bonchev–Trinajstić information content (AvgIpc) is 3.19. The summed E-state index contributed by atoms with van der Waals surface area (Å²) in [6, 6.07) is 16.0. The first kappa shape index (κ1) is 16.1. The first-order valence-electron chi connectivity index (χ1n) is 8.19. The Kier molecular flexibility index (Phi) is 3.80. The van der Waals surface area contributed by atoms with Crippen molar-refractivity contribution < 1.29 is 19.1 Å². The molecule has 4 rings (SSSR count). The number of urea groups is 1. The third kappa shape index (κ3) is 2.30. The number of methoxy groups -OCH3 is 1. The Bertz CT molecular complexity index is 908. The molecule has 2 aliphatic rings. The zero-order chi connectivity index (χ0) is 18.3. The number of amides is 3. The number of fused-ring (bicyclic) bond motifs is 1. The molecule has 130 valence electrons. The number of rotatable bonds is 3. The van der Waals surface area contributed by atoms with Crippen molar-refractivity contribution in [1.29, 1.82) is 0 Å². The van der Waals surface area contributed by atoms with Crippen LogP contribution in [-0.2, 0) is 14.3 Å². The Morgan fingerprint density at radius 3 is 2.19 bits per heavy atom. The van der Waals surface area contributed by atoms with Gasteiger partial charge < -0.3 is 4.74 Å². The van der Waals surface area contributed by atoms with E-state index in [9.17, 15) is 14.4 Å². The van der Waals surface area contributed by atoms with E-state index in [4.69, 9.17) is 4.74 Å². The van der Waals surface area contributed by atoms with Gasteiger partial charge in [0, 0.05) is 0 Å². The summed E-state index contributed by atoms with van der Waals surface area (Å²) in [4.78, 5) is 40.8. The maximum absolute atomic E-state index is 13.1. The third-order valence-corrected chi connectivity index (χ3v) is 4.65. The van der Waals surface area contributed by atoms with Crippen LogP contribution in [-0.4, -0.2) is 36.0 Å². The molecule has 2 aliphatic heterocycles. The second kappa shape index (κ2) is 6.15. The van der Waals surface area contributed by atoms with Crippen LogP contribution in [0.1, 0.15) is 11.6 Å². The molecule has 0 spiro atoms. The zero-order valence-electron chi connectivity index (χ0n) is 14.0. The predicted molar refractivity (Wildman–Crippen MR) is 94.2 cm³/mol. The lowest BCUT2D eigenvalue weighted by atomic mass is 10.00. The lowest BCUT2D eigenvalue weighted by molar-refractivity contribution is -0.136. The van der Waals surface area contributed by atoms with E-state index in [-0.39, 0.29) is 5.91 Å². The van der Waals surface area contributed by atoms with Gasteiger partial charge >= 0.3 is 12.0 Å². The van der Waals surface area contributed by atoms with Gasteiger partial charge in [0.25, 0.3) is 5.91 Å². The van der Waals surface area contributed by atoms with Gasteiger partial charge in [0.05, 0.1) is 24.4 Å². The molecule has 6 nitrogen and oxygen atoms in total. The summed E-state index contributed by atoms with van der Waals surface area (Å²) < 4.78 is 4.86. The van der Waals surface area contributed by atoms with Gasteiger partial charge in [0.2, 0.25) is 0 Å². The fourth-order valence-electron chi connectivity index (χ4n) is 3.50. The molecular formula is C20H16N2O4. The Balaban J connectivity index is 1.80. The number of anilines is 1. The topological polar surface area (TPSA) is 66.9 Å². The fraction of sp³-hybridized carbons (Fsp3) is 0.150. The number of nitrogens with zero attached hydrogens (tertiary/aromatic N) is 2. The Hall–Kier alpha value is -3.41. The van der Waals surface area contributed by atoms with Gasteiger partial charge in [-0.3, -0.25) is 9.69 Å². The smallest absolute Gasteiger partial charge is 0.335 e. The maximum atomic E-state index is 13.1. The molecule has 0 radical (unpaired) electrons. The second-order valence-electron chi connectivity index (χ2n) is 6.07. The Morgan fingerprint density at radius 2 is 1.58 bits per heavy atom. The molecule has 0 aliphatic carbocycles. The molecule has 0 N–H and O–H groups in total. The van der Waals surface area contributed by atoms with Crippen LogP contribution in [0, 0.1) is 0 Å². The van der Waals surface area contributed by atoms with Gasteiger partial charge in [0.15, 0.2) is 0 Å². The van der Waals surface area contributed by atoms with E-state index >= 15 is 0 Å². The fourth-order valence-corrected chi connectivity index (χ4v) is 3.50. The molecule has 2 atom stereocenters. The summed E-state index contributed by atoms with van der Waals surface area (Å²) in [5.41, 5.74) is 1.57. The molecule has 2 heterocycles. The summed E-state index contributed by atoms with van der Waals surface area (Å²) in [5, 5.41) is 0. The lowest BCUT2D eigenvalue weighted by Crippen LogP contribution is -2.36. The molecule has 1 saturated heterocycles. The van der Waals surface area contributed by atoms with Crippen LogP contribution < -0.4 is 4.90 Å². The van der Waals surface area contributed by atoms with Crippen LogP contribution in [0.25, 0.3) is 0 Å². The number of ether oxygens (including phenoxy) is 1. The molecule has 0 saturated carbocycles. The number of hydrogen-bond acceptors (Lipinski definition) is 4. The van der Waals surface area contributed by atoms with Crippen LogP contribution in [0.4, 0.5) is 10.5 Å². The van der Waals surface area contributed by atoms with E-state index in [0.717, 1.165) is 10.5 Å². The number of imide groups is 1. The normalized spacial score (nSPS) is 21.7. The van der Waals surface area contributed by atoms with E-state index in [2.05, 4.69) is 0 Å². The number of carbonyl (C=O) groups excluding carboxylic acids is 3. The van der Waals surface area contributed by atoms with Gasteiger partial charge in [-0.15, -0.1) is 0 Å². The molecule has 2 aromatic rings. The van der Waals surface area contributed by atoms with Gasteiger partial charge in [-0.05, 0) is 23.8 Å². The zero-order valence-corrected chi connectivity index (χ0v) is 14.0. The van der Waals surface area contributed by atoms with Crippen molar-refractivity contribution in [2.24, 2.45) is 0 Å². The molecule has 0 aromatic heterocycles. The van der Waals surface area contributed by atoms with E-state index in [1.807, 2.05) is 36.4 Å². The van der Waals surface area contributed by atoms with E-state index < -0.39 is 24.1 Å². The van der Waals surface area contributed by atoms with Gasteiger partial charge in [0.1, 0.15) is 6.04 Å². The van der Waals surface area contributed by atoms with Crippen LogP contribution in [0.3, 0.4) is 0 Å². The number of benzene rings is 2. The number of esters is 1. The summed E-state index contributed by atoms with van der Waals surface area (Å²) >= 11 is 0. The van der Waals surface area contributed by atoms with Crippen molar-refractivity contribution in [2.45, 2.75) is 12.1 Å².